The molecular weight excluding hydrogens is 330 g/mol. The second-order valence-electron chi connectivity index (χ2n) is 5.02. The normalized spacial score (nSPS) is 11.6. The Morgan fingerprint density at radius 2 is 1.86 bits per heavy atom. The van der Waals surface area contributed by atoms with Crippen LogP contribution in [0.1, 0.15) is 61.4 Å². The number of hydrogen-bond acceptors (Lipinski definition) is 4. The summed E-state index contributed by atoms with van der Waals surface area (Å²) in [6.07, 6.45) is 6.96. The first-order chi connectivity index (χ1) is 9.88. The van der Waals surface area contributed by atoms with Crippen LogP contribution in [0.2, 0.25) is 0 Å². The fraction of sp³-hybridized carbons (Fsp3) is 0.643. The van der Waals surface area contributed by atoms with E-state index in [1.54, 1.807) is 12.3 Å². The summed E-state index contributed by atoms with van der Waals surface area (Å²) < 4.78 is 22.7. The Balaban J connectivity index is 2.42. The topological polar surface area (TPSA) is 63.2 Å². The van der Waals surface area contributed by atoms with Gasteiger partial charge in [0.25, 0.3) is 15.0 Å². The lowest BCUT2D eigenvalue weighted by Gasteiger charge is -2.05. The third-order valence-corrected chi connectivity index (χ3v) is 6.58. The van der Waals surface area contributed by atoms with E-state index in [4.69, 9.17) is 10.7 Å². The molecule has 1 heterocycles. The Labute approximate surface area is 135 Å². The van der Waals surface area contributed by atoms with Crippen LogP contribution in [-0.4, -0.2) is 20.9 Å². The standard InChI is InChI=1S/C14H22ClNO3S2/c1-3-4-5-6-7-8-9-16-13(17)12-10-20-14(11(12)2)21(15,18)19/h10H,3-9H2,1-2H3,(H,16,17). The second-order valence-corrected chi connectivity index (χ2v) is 8.66. The van der Waals surface area contributed by atoms with E-state index in [0.717, 1.165) is 24.2 Å². The van der Waals surface area contributed by atoms with Crippen molar-refractivity contribution in [1.29, 1.82) is 0 Å². The summed E-state index contributed by atoms with van der Waals surface area (Å²) >= 11 is 0.983. The van der Waals surface area contributed by atoms with E-state index in [1.165, 1.54) is 25.7 Å². The van der Waals surface area contributed by atoms with E-state index in [-0.39, 0.29) is 10.1 Å². The highest BCUT2D eigenvalue weighted by Gasteiger charge is 2.21. The molecule has 0 radical (unpaired) electrons. The predicted octanol–water partition coefficient (Wildman–Crippen LogP) is 4.07. The SMILES string of the molecule is CCCCCCCCNC(=O)c1csc(S(=O)(=O)Cl)c1C. The molecule has 1 aromatic rings. The third kappa shape index (κ3) is 5.96. The van der Waals surface area contributed by atoms with Crippen LogP contribution in [0.3, 0.4) is 0 Å². The molecule has 0 unspecified atom stereocenters. The molecule has 1 amide bonds. The van der Waals surface area contributed by atoms with Crippen LogP contribution in [-0.2, 0) is 9.05 Å². The molecule has 0 saturated heterocycles. The van der Waals surface area contributed by atoms with Gasteiger partial charge in [-0.25, -0.2) is 8.42 Å². The summed E-state index contributed by atoms with van der Waals surface area (Å²) in [4.78, 5) is 12.0. The quantitative estimate of drug-likeness (QED) is 0.538. The molecule has 0 fully saturated rings. The van der Waals surface area contributed by atoms with Crippen molar-refractivity contribution >= 4 is 37.0 Å². The lowest BCUT2D eigenvalue weighted by Crippen LogP contribution is -2.24. The minimum absolute atomic E-state index is 0.0499. The van der Waals surface area contributed by atoms with Crippen LogP contribution in [0, 0.1) is 6.92 Å². The number of nitrogens with one attached hydrogen (secondary N) is 1. The molecule has 7 heteroatoms. The van der Waals surface area contributed by atoms with Crippen molar-refractivity contribution in [3.05, 3.63) is 16.5 Å². The fourth-order valence-electron chi connectivity index (χ4n) is 2.07. The van der Waals surface area contributed by atoms with Crippen molar-refractivity contribution in [2.75, 3.05) is 6.54 Å². The molecule has 120 valence electrons. The van der Waals surface area contributed by atoms with Gasteiger partial charge in [-0.1, -0.05) is 39.0 Å². The molecule has 0 bridgehead atoms. The van der Waals surface area contributed by atoms with Crippen molar-refractivity contribution in [2.45, 2.75) is 56.6 Å². The van der Waals surface area contributed by atoms with Crippen LogP contribution >= 0.6 is 22.0 Å². The van der Waals surface area contributed by atoms with Gasteiger partial charge in [0, 0.05) is 22.6 Å². The average molecular weight is 352 g/mol. The summed E-state index contributed by atoms with van der Waals surface area (Å²) in [5, 5.41) is 4.37. The Morgan fingerprint density at radius 1 is 1.24 bits per heavy atom. The van der Waals surface area contributed by atoms with Gasteiger partial charge in [-0.15, -0.1) is 11.3 Å². The van der Waals surface area contributed by atoms with Crippen molar-refractivity contribution < 1.29 is 13.2 Å². The molecule has 4 nitrogen and oxygen atoms in total. The van der Waals surface area contributed by atoms with Crippen LogP contribution in [0.25, 0.3) is 0 Å². The summed E-state index contributed by atoms with van der Waals surface area (Å²) in [7, 11) is 1.55. The molecular formula is C14H22ClNO3S2. The number of rotatable bonds is 9. The first-order valence-corrected chi connectivity index (χ1v) is 10.4. The first kappa shape index (κ1) is 18.5. The zero-order valence-corrected chi connectivity index (χ0v) is 14.8. The van der Waals surface area contributed by atoms with Gasteiger partial charge in [-0.2, -0.15) is 0 Å². The molecule has 0 atom stereocenters. The van der Waals surface area contributed by atoms with Crippen molar-refractivity contribution in [3.63, 3.8) is 0 Å². The average Bonchev–Trinajstić information content (AvgIpc) is 2.79. The highest BCUT2D eigenvalue weighted by Crippen LogP contribution is 2.29. The minimum atomic E-state index is -3.77. The van der Waals surface area contributed by atoms with Gasteiger partial charge in [-0.05, 0) is 18.9 Å². The Kier molecular flexibility index (Phi) is 7.70. The second kappa shape index (κ2) is 8.76. The molecule has 0 aromatic carbocycles. The van der Waals surface area contributed by atoms with Gasteiger partial charge < -0.3 is 5.32 Å². The largest absolute Gasteiger partial charge is 0.352 e. The van der Waals surface area contributed by atoms with Gasteiger partial charge in [-0.3, -0.25) is 4.79 Å². The van der Waals surface area contributed by atoms with E-state index >= 15 is 0 Å². The highest BCUT2D eigenvalue weighted by atomic mass is 35.7. The van der Waals surface area contributed by atoms with Crippen LogP contribution in [0.5, 0.6) is 0 Å². The number of halogens is 1. The summed E-state index contributed by atoms with van der Waals surface area (Å²) in [5.41, 5.74) is 0.820. The smallest absolute Gasteiger partial charge is 0.271 e. The summed E-state index contributed by atoms with van der Waals surface area (Å²) in [6, 6.07) is 0. The van der Waals surface area contributed by atoms with Gasteiger partial charge in [0.1, 0.15) is 4.21 Å². The van der Waals surface area contributed by atoms with E-state index in [0.29, 0.717) is 17.7 Å². The van der Waals surface area contributed by atoms with Crippen molar-refractivity contribution in [3.8, 4) is 0 Å². The highest BCUT2D eigenvalue weighted by molar-refractivity contribution is 8.15. The van der Waals surface area contributed by atoms with Crippen LogP contribution < -0.4 is 5.32 Å². The van der Waals surface area contributed by atoms with Gasteiger partial charge in [0.2, 0.25) is 0 Å². The molecule has 0 saturated carbocycles. The van der Waals surface area contributed by atoms with E-state index in [1.807, 2.05) is 0 Å². The Bertz CT molecular complexity index is 567. The fourth-order valence-corrected chi connectivity index (χ4v) is 4.62. The molecule has 0 aliphatic carbocycles. The number of unbranched alkanes of at least 4 members (excludes halogenated alkanes) is 5. The van der Waals surface area contributed by atoms with Gasteiger partial charge in [0.15, 0.2) is 0 Å². The van der Waals surface area contributed by atoms with E-state index in [9.17, 15) is 13.2 Å². The van der Waals surface area contributed by atoms with Gasteiger partial charge >= 0.3 is 0 Å². The maximum atomic E-state index is 12.0. The van der Waals surface area contributed by atoms with Crippen LogP contribution in [0.4, 0.5) is 0 Å². The zero-order valence-electron chi connectivity index (χ0n) is 12.4. The van der Waals surface area contributed by atoms with Crippen molar-refractivity contribution in [1.82, 2.24) is 5.32 Å². The summed E-state index contributed by atoms with van der Waals surface area (Å²) in [6.45, 7) is 4.40. The third-order valence-electron chi connectivity index (χ3n) is 3.28. The van der Waals surface area contributed by atoms with Gasteiger partial charge in [0.05, 0.1) is 5.56 Å². The zero-order chi connectivity index (χ0) is 15.9. The minimum Gasteiger partial charge on any atom is -0.352 e. The lowest BCUT2D eigenvalue weighted by atomic mass is 10.1. The number of hydrogen-bond donors (Lipinski definition) is 1. The number of amides is 1. The molecule has 1 rings (SSSR count). The Hall–Kier alpha value is -0.590. The predicted molar refractivity (Wildman–Crippen MR) is 87.8 cm³/mol. The number of thiophene rings is 1. The number of carbonyl (C=O) groups excluding carboxylic acids is 1. The number of carbonyl (C=O) groups is 1. The molecule has 0 aliphatic heterocycles. The molecule has 1 aromatic heterocycles. The van der Waals surface area contributed by atoms with Crippen LogP contribution in [0.15, 0.2) is 9.59 Å². The molecule has 0 aliphatic rings. The molecule has 21 heavy (non-hydrogen) atoms. The van der Waals surface area contributed by atoms with E-state index in [2.05, 4.69) is 12.2 Å². The maximum Gasteiger partial charge on any atom is 0.271 e. The Morgan fingerprint density at radius 3 is 2.43 bits per heavy atom. The maximum absolute atomic E-state index is 12.0. The van der Waals surface area contributed by atoms with Crippen molar-refractivity contribution in [2.24, 2.45) is 0 Å². The first-order valence-electron chi connectivity index (χ1n) is 7.19. The van der Waals surface area contributed by atoms with E-state index < -0.39 is 9.05 Å². The molecule has 0 spiro atoms. The monoisotopic (exact) mass is 351 g/mol. The molecule has 1 N–H and O–H groups in total. The lowest BCUT2D eigenvalue weighted by molar-refractivity contribution is 0.0952. The summed E-state index contributed by atoms with van der Waals surface area (Å²) in [5.74, 6) is -0.233.